The minimum absolute atomic E-state index is 0.263. The molecule has 0 unspecified atom stereocenters. The van der Waals surface area contributed by atoms with Crippen molar-refractivity contribution in [1.29, 1.82) is 0 Å². The molecule has 0 bridgehead atoms. The predicted octanol–water partition coefficient (Wildman–Crippen LogP) is 4.89. The largest absolute Gasteiger partial charge is 0.482 e. The van der Waals surface area contributed by atoms with Crippen molar-refractivity contribution in [2.75, 3.05) is 6.61 Å². The lowest BCUT2D eigenvalue weighted by Crippen LogP contribution is -2.24. The summed E-state index contributed by atoms with van der Waals surface area (Å²) in [6, 6.07) is 6.41. The number of hydrazone groups is 1. The highest BCUT2D eigenvalue weighted by Crippen LogP contribution is 2.33. The summed E-state index contributed by atoms with van der Waals surface area (Å²) in [7, 11) is 0. The predicted molar refractivity (Wildman–Crippen MR) is 92.0 cm³/mol. The fraction of sp³-hybridized carbons (Fsp3) is 0.0769. The van der Waals surface area contributed by atoms with Gasteiger partial charge in [-0.15, -0.1) is 11.3 Å². The Hall–Kier alpha value is -0.980. The van der Waals surface area contributed by atoms with Crippen LogP contribution in [-0.2, 0) is 4.79 Å². The van der Waals surface area contributed by atoms with Gasteiger partial charge in [-0.1, -0.05) is 46.4 Å². The molecule has 2 aromatic rings. The molecule has 2 rings (SSSR count). The topological polar surface area (TPSA) is 50.7 Å². The van der Waals surface area contributed by atoms with Gasteiger partial charge in [-0.25, -0.2) is 5.43 Å². The molecule has 1 aromatic heterocycles. The van der Waals surface area contributed by atoms with E-state index in [-0.39, 0.29) is 22.4 Å². The highest BCUT2D eigenvalue weighted by Gasteiger charge is 2.09. The van der Waals surface area contributed by atoms with Crippen molar-refractivity contribution < 1.29 is 9.53 Å². The van der Waals surface area contributed by atoms with Gasteiger partial charge in [0.05, 0.1) is 25.6 Å². The van der Waals surface area contributed by atoms with Crippen molar-refractivity contribution in [3.8, 4) is 5.75 Å². The average Bonchev–Trinajstić information content (AvgIpc) is 2.87. The fourth-order valence-electron chi connectivity index (χ4n) is 1.36. The molecule has 4 nitrogen and oxygen atoms in total. The number of carbonyl (C=O) groups is 1. The Balaban J connectivity index is 1.85. The van der Waals surface area contributed by atoms with E-state index in [1.807, 2.05) is 0 Å². The van der Waals surface area contributed by atoms with Crippen LogP contribution < -0.4 is 10.2 Å². The summed E-state index contributed by atoms with van der Waals surface area (Å²) in [5, 5.41) is 4.65. The van der Waals surface area contributed by atoms with Gasteiger partial charge in [0.2, 0.25) is 0 Å². The van der Waals surface area contributed by atoms with Gasteiger partial charge in [0, 0.05) is 10.9 Å². The lowest BCUT2D eigenvalue weighted by Gasteiger charge is -2.08. The monoisotopic (exact) mass is 396 g/mol. The zero-order chi connectivity index (χ0) is 16.1. The van der Waals surface area contributed by atoms with Crippen LogP contribution in [0.15, 0.2) is 29.4 Å². The Kier molecular flexibility index (Phi) is 6.35. The minimum atomic E-state index is -0.443. The molecule has 0 atom stereocenters. The smallest absolute Gasteiger partial charge is 0.277 e. The molecule has 0 radical (unpaired) electrons. The summed E-state index contributed by atoms with van der Waals surface area (Å²) in [6.45, 7) is -0.264. The van der Waals surface area contributed by atoms with Crippen molar-refractivity contribution in [2.24, 2.45) is 5.10 Å². The number of hydrogen-bond acceptors (Lipinski definition) is 4. The maximum absolute atomic E-state index is 11.6. The first-order valence-corrected chi connectivity index (χ1v) is 8.13. The molecule has 22 heavy (non-hydrogen) atoms. The summed E-state index contributed by atoms with van der Waals surface area (Å²) in [5.41, 5.74) is 2.32. The van der Waals surface area contributed by atoms with Gasteiger partial charge in [0.25, 0.3) is 5.91 Å². The van der Waals surface area contributed by atoms with Gasteiger partial charge in [0.15, 0.2) is 6.61 Å². The quantitative estimate of drug-likeness (QED) is 0.443. The summed E-state index contributed by atoms with van der Waals surface area (Å²) < 4.78 is 5.91. The van der Waals surface area contributed by atoms with Crippen molar-refractivity contribution in [2.45, 2.75) is 0 Å². The van der Waals surface area contributed by atoms with Gasteiger partial charge >= 0.3 is 0 Å². The van der Waals surface area contributed by atoms with Crippen LogP contribution in [-0.4, -0.2) is 18.7 Å². The number of ether oxygens (including phenoxy) is 1. The number of benzene rings is 1. The van der Waals surface area contributed by atoms with E-state index in [4.69, 9.17) is 51.1 Å². The number of halogens is 4. The summed E-state index contributed by atoms with van der Waals surface area (Å²) in [5.74, 6) is -0.179. The van der Waals surface area contributed by atoms with Gasteiger partial charge in [-0.2, -0.15) is 5.10 Å². The van der Waals surface area contributed by atoms with E-state index in [2.05, 4.69) is 10.5 Å². The Morgan fingerprint density at radius 2 is 1.91 bits per heavy atom. The lowest BCUT2D eigenvalue weighted by atomic mass is 10.3. The summed E-state index contributed by atoms with van der Waals surface area (Å²) >= 11 is 24.7. The first-order valence-electron chi connectivity index (χ1n) is 5.80. The van der Waals surface area contributed by atoms with Crippen molar-refractivity contribution in [3.05, 3.63) is 48.5 Å². The normalized spacial score (nSPS) is 10.9. The molecule has 1 amide bonds. The van der Waals surface area contributed by atoms with Crippen LogP contribution in [0, 0.1) is 0 Å². The number of nitrogens with zero attached hydrogens (tertiary/aromatic N) is 1. The van der Waals surface area contributed by atoms with Gasteiger partial charge in [-0.05, 0) is 18.2 Å². The lowest BCUT2D eigenvalue weighted by molar-refractivity contribution is -0.123. The molecule has 1 heterocycles. The zero-order valence-corrected chi connectivity index (χ0v) is 14.6. The third-order valence-electron chi connectivity index (χ3n) is 2.31. The van der Waals surface area contributed by atoms with Gasteiger partial charge in [0.1, 0.15) is 5.75 Å². The van der Waals surface area contributed by atoms with E-state index >= 15 is 0 Å². The molecule has 1 aromatic carbocycles. The Bertz CT molecular complexity index is 718. The third kappa shape index (κ3) is 5.04. The van der Waals surface area contributed by atoms with E-state index in [0.717, 1.165) is 4.88 Å². The molecule has 9 heteroatoms. The Morgan fingerprint density at radius 1 is 1.18 bits per heavy atom. The van der Waals surface area contributed by atoms with Crippen LogP contribution in [0.3, 0.4) is 0 Å². The molecule has 0 saturated carbocycles. The van der Waals surface area contributed by atoms with Crippen LogP contribution in [0.25, 0.3) is 0 Å². The van der Waals surface area contributed by atoms with Crippen LogP contribution in [0.4, 0.5) is 0 Å². The second-order valence-corrected chi connectivity index (χ2v) is 6.89. The number of hydrogen-bond donors (Lipinski definition) is 1. The second-order valence-electron chi connectivity index (χ2n) is 3.92. The van der Waals surface area contributed by atoms with E-state index in [9.17, 15) is 4.79 Å². The summed E-state index contributed by atoms with van der Waals surface area (Å²) in [6.07, 6.45) is 1.49. The third-order valence-corrected chi connectivity index (χ3v) is 4.49. The van der Waals surface area contributed by atoms with E-state index in [0.29, 0.717) is 9.36 Å². The molecule has 0 aliphatic heterocycles. The van der Waals surface area contributed by atoms with Crippen LogP contribution in [0.1, 0.15) is 4.88 Å². The fourth-order valence-corrected chi connectivity index (χ4v) is 2.88. The van der Waals surface area contributed by atoms with Crippen molar-refractivity contribution in [1.82, 2.24) is 5.43 Å². The van der Waals surface area contributed by atoms with Crippen molar-refractivity contribution in [3.63, 3.8) is 0 Å². The van der Waals surface area contributed by atoms with Gasteiger partial charge in [-0.3, -0.25) is 4.79 Å². The highest BCUT2D eigenvalue weighted by molar-refractivity contribution is 7.17. The Labute approximate surface area is 150 Å². The number of thiophene rings is 1. The summed E-state index contributed by atoms with van der Waals surface area (Å²) in [4.78, 5) is 12.4. The molecule has 116 valence electrons. The molecule has 0 fully saturated rings. The highest BCUT2D eigenvalue weighted by atomic mass is 35.5. The average molecular weight is 398 g/mol. The Morgan fingerprint density at radius 3 is 2.59 bits per heavy atom. The number of rotatable bonds is 5. The molecule has 1 N–H and O–H groups in total. The van der Waals surface area contributed by atoms with Crippen LogP contribution >= 0.6 is 57.7 Å². The molecule has 0 spiro atoms. The number of nitrogens with one attached hydrogen (secondary N) is 1. The SMILES string of the molecule is O=C(COc1cc(Cl)c(Cl)cc1Cl)NN=Cc1ccc(Cl)s1. The maximum atomic E-state index is 11.6. The first-order chi connectivity index (χ1) is 10.5. The zero-order valence-electron chi connectivity index (χ0n) is 10.8. The van der Waals surface area contributed by atoms with E-state index < -0.39 is 5.91 Å². The standard InChI is InChI=1S/C13H8Cl4N2O2S/c14-8-3-10(16)11(4-9(8)15)21-6-13(20)19-18-5-7-1-2-12(17)22-7/h1-5H,6H2,(H,19,20). The number of amides is 1. The van der Waals surface area contributed by atoms with Crippen LogP contribution in [0.5, 0.6) is 5.75 Å². The minimum Gasteiger partial charge on any atom is -0.482 e. The van der Waals surface area contributed by atoms with E-state index in [1.165, 1.54) is 29.7 Å². The van der Waals surface area contributed by atoms with Gasteiger partial charge < -0.3 is 4.74 Å². The molecular weight excluding hydrogens is 390 g/mol. The molecule has 0 aliphatic carbocycles. The molecular formula is C13H8Cl4N2O2S. The first kappa shape index (κ1) is 17.4. The molecule has 0 aliphatic rings. The maximum Gasteiger partial charge on any atom is 0.277 e. The second kappa shape index (κ2) is 8.04. The molecule has 0 saturated heterocycles. The number of carbonyl (C=O) groups excluding carboxylic acids is 1. The van der Waals surface area contributed by atoms with E-state index in [1.54, 1.807) is 12.1 Å². The van der Waals surface area contributed by atoms with Crippen molar-refractivity contribution >= 4 is 69.9 Å². The van der Waals surface area contributed by atoms with Crippen LogP contribution in [0.2, 0.25) is 19.4 Å².